The summed E-state index contributed by atoms with van der Waals surface area (Å²) in [5.41, 5.74) is 14.4. The smallest absolute Gasteiger partial charge is 0.114 e. The molecule has 9 aliphatic rings. The van der Waals surface area contributed by atoms with Gasteiger partial charge in [0.25, 0.3) is 0 Å². The van der Waals surface area contributed by atoms with Crippen molar-refractivity contribution in [2.45, 2.75) is 63.6 Å². The monoisotopic (exact) mass is 456 g/mol. The van der Waals surface area contributed by atoms with Gasteiger partial charge < -0.3 is 4.74 Å². The van der Waals surface area contributed by atoms with E-state index in [4.69, 9.17) is 4.74 Å². The Balaban J connectivity index is 1.20. The maximum absolute atomic E-state index is 6.52. The van der Waals surface area contributed by atoms with Crippen LogP contribution in [-0.2, 0) is 56.1 Å². The molecule has 8 bridgehead atoms. The van der Waals surface area contributed by atoms with Crippen molar-refractivity contribution in [2.24, 2.45) is 0 Å². The molecule has 1 fully saturated rings. The lowest BCUT2D eigenvalue weighted by molar-refractivity contribution is 0.376. The van der Waals surface area contributed by atoms with E-state index in [2.05, 4.69) is 84.9 Å². The highest BCUT2D eigenvalue weighted by Gasteiger charge is 2.43. The van der Waals surface area contributed by atoms with Crippen LogP contribution in [0.3, 0.4) is 0 Å². The predicted octanol–water partition coefficient (Wildman–Crippen LogP) is 7.27. The van der Waals surface area contributed by atoms with Crippen LogP contribution in [0.4, 0.5) is 0 Å². The van der Waals surface area contributed by atoms with Crippen LogP contribution in [0, 0.1) is 0 Å². The van der Waals surface area contributed by atoms with Crippen molar-refractivity contribution in [3.8, 4) is 0 Å². The Morgan fingerprint density at radius 2 is 0.686 bits per heavy atom. The summed E-state index contributed by atoms with van der Waals surface area (Å²) in [6.07, 6.45) is 9.07. The lowest BCUT2D eigenvalue weighted by Crippen LogP contribution is -2.04. The molecule has 174 valence electrons. The minimum Gasteiger partial charge on any atom is -0.359 e. The molecule has 4 aromatic carbocycles. The first-order valence-electron chi connectivity index (χ1n) is 13.3. The van der Waals surface area contributed by atoms with Gasteiger partial charge in [-0.2, -0.15) is 0 Å². The molecule has 1 saturated heterocycles. The van der Waals surface area contributed by atoms with Gasteiger partial charge in [0.1, 0.15) is 12.2 Å². The molecule has 0 amide bonds. The van der Waals surface area contributed by atoms with Crippen molar-refractivity contribution in [2.75, 3.05) is 0 Å². The molecule has 1 heteroatoms. The van der Waals surface area contributed by atoms with Gasteiger partial charge in [0.2, 0.25) is 0 Å². The number of rotatable bonds is 2. The van der Waals surface area contributed by atoms with E-state index in [0.717, 1.165) is 51.4 Å². The van der Waals surface area contributed by atoms with Crippen molar-refractivity contribution in [1.29, 1.82) is 0 Å². The Kier molecular flexibility index (Phi) is 5.32. The number of hydrogen-bond acceptors (Lipinski definition) is 1. The lowest BCUT2D eigenvalue weighted by atomic mass is 9.88. The van der Waals surface area contributed by atoms with E-state index < -0.39 is 0 Å². The van der Waals surface area contributed by atoms with E-state index in [-0.39, 0.29) is 12.2 Å². The zero-order valence-corrected chi connectivity index (χ0v) is 20.3. The van der Waals surface area contributed by atoms with E-state index in [1.165, 1.54) is 55.6 Å². The standard InChI is InChI=1S/C34H32O/c1-5-25-6-2-23(1)9-11-27-15-19-29(17-13-25)31(21-27)33-34(35-33)32-22-28-12-10-24-3-7-26(8-4-24)14-18-30(32)20-16-28/h1-8,15-16,19-22,33-34H,9-14,17-18H2/t33-,34-/m0/s1. The van der Waals surface area contributed by atoms with Crippen molar-refractivity contribution >= 4 is 0 Å². The molecule has 0 radical (unpaired) electrons. The zero-order valence-electron chi connectivity index (χ0n) is 20.3. The SMILES string of the molecule is c1cc2ccc1CCc1ccc(c([C@@H]3O[C@H]3c3cc4ccc3CCc3ccc(cc3)CC4)c1)CC2. The van der Waals surface area contributed by atoms with Gasteiger partial charge in [-0.1, -0.05) is 84.9 Å². The third-order valence-electron chi connectivity index (χ3n) is 8.34. The summed E-state index contributed by atoms with van der Waals surface area (Å²) in [5, 5.41) is 0. The molecule has 1 nitrogen and oxygen atoms in total. The summed E-state index contributed by atoms with van der Waals surface area (Å²) in [5.74, 6) is 0. The first kappa shape index (κ1) is 21.1. The molecule has 8 aliphatic carbocycles. The third-order valence-corrected chi connectivity index (χ3v) is 8.34. The van der Waals surface area contributed by atoms with Crippen molar-refractivity contribution in [3.05, 3.63) is 141 Å². The highest BCUT2D eigenvalue weighted by molar-refractivity contribution is 5.44. The fourth-order valence-electron chi connectivity index (χ4n) is 6.05. The number of benzene rings is 4. The van der Waals surface area contributed by atoms with Gasteiger partial charge in [0.15, 0.2) is 0 Å². The lowest BCUT2D eigenvalue weighted by Gasteiger charge is -2.15. The fourth-order valence-corrected chi connectivity index (χ4v) is 6.05. The second-order valence-electron chi connectivity index (χ2n) is 10.7. The number of aryl methyl sites for hydroxylation is 8. The minimum absolute atomic E-state index is 0.189. The van der Waals surface area contributed by atoms with Gasteiger partial charge >= 0.3 is 0 Å². The third kappa shape index (κ3) is 4.34. The summed E-state index contributed by atoms with van der Waals surface area (Å²) in [7, 11) is 0. The highest BCUT2D eigenvalue weighted by Crippen LogP contribution is 2.53. The largest absolute Gasteiger partial charge is 0.359 e. The molecule has 13 rings (SSSR count). The normalized spacial score (nSPS) is 20.7. The quantitative estimate of drug-likeness (QED) is 0.289. The molecule has 2 atom stereocenters. The van der Waals surface area contributed by atoms with Crippen LogP contribution in [0.2, 0.25) is 0 Å². The molecule has 1 heterocycles. The van der Waals surface area contributed by atoms with Crippen LogP contribution in [-0.4, -0.2) is 0 Å². The molecular weight excluding hydrogens is 424 g/mol. The average molecular weight is 457 g/mol. The molecule has 35 heavy (non-hydrogen) atoms. The first-order valence-corrected chi connectivity index (χ1v) is 13.3. The summed E-state index contributed by atoms with van der Waals surface area (Å²) in [6, 6.07) is 32.9. The van der Waals surface area contributed by atoms with E-state index in [0.29, 0.717) is 0 Å². The van der Waals surface area contributed by atoms with E-state index in [1.807, 2.05) is 0 Å². The molecule has 0 N–H and O–H groups in total. The Labute approximate surface area is 208 Å². The van der Waals surface area contributed by atoms with Crippen molar-refractivity contribution in [1.82, 2.24) is 0 Å². The van der Waals surface area contributed by atoms with E-state index >= 15 is 0 Å². The summed E-state index contributed by atoms with van der Waals surface area (Å²) >= 11 is 0. The van der Waals surface area contributed by atoms with Crippen LogP contribution in [0.1, 0.15) is 67.8 Å². The molecule has 0 saturated carbocycles. The van der Waals surface area contributed by atoms with E-state index in [9.17, 15) is 0 Å². The van der Waals surface area contributed by atoms with E-state index in [1.54, 1.807) is 0 Å². The summed E-state index contributed by atoms with van der Waals surface area (Å²) in [4.78, 5) is 0. The van der Waals surface area contributed by atoms with Gasteiger partial charge in [-0.05, 0) is 107 Å². The fraction of sp³-hybridized carbons (Fsp3) is 0.294. The Morgan fingerprint density at radius 3 is 1.09 bits per heavy atom. The van der Waals surface area contributed by atoms with Gasteiger partial charge in [0, 0.05) is 0 Å². The molecular formula is C34H32O. The minimum atomic E-state index is 0.189. The van der Waals surface area contributed by atoms with Crippen LogP contribution in [0.15, 0.2) is 84.9 Å². The molecule has 0 spiro atoms. The first-order chi connectivity index (χ1) is 17.3. The maximum atomic E-state index is 6.52. The van der Waals surface area contributed by atoms with Crippen molar-refractivity contribution < 1.29 is 4.74 Å². The topological polar surface area (TPSA) is 12.5 Å². The Hall–Kier alpha value is -3.16. The number of epoxide rings is 1. The molecule has 0 unspecified atom stereocenters. The second-order valence-corrected chi connectivity index (χ2v) is 10.7. The second kappa shape index (κ2) is 8.81. The molecule has 4 aromatic rings. The zero-order chi connectivity index (χ0) is 23.2. The van der Waals surface area contributed by atoms with Gasteiger partial charge in [0.05, 0.1) is 0 Å². The highest BCUT2D eigenvalue weighted by atomic mass is 16.6. The number of hydrogen-bond donors (Lipinski definition) is 0. The number of ether oxygens (including phenoxy) is 1. The van der Waals surface area contributed by atoms with Gasteiger partial charge in [-0.15, -0.1) is 0 Å². The Bertz CT molecular complexity index is 1260. The van der Waals surface area contributed by atoms with Crippen LogP contribution >= 0.6 is 0 Å². The molecule has 1 aliphatic heterocycles. The average Bonchev–Trinajstić information content (AvgIpc) is 3.68. The maximum Gasteiger partial charge on any atom is 0.114 e. The van der Waals surface area contributed by atoms with Crippen LogP contribution < -0.4 is 0 Å². The van der Waals surface area contributed by atoms with Crippen molar-refractivity contribution in [3.63, 3.8) is 0 Å². The van der Waals surface area contributed by atoms with Gasteiger partial charge in [-0.25, -0.2) is 0 Å². The van der Waals surface area contributed by atoms with Crippen LogP contribution in [0.25, 0.3) is 0 Å². The summed E-state index contributed by atoms with van der Waals surface area (Å²) in [6.45, 7) is 0. The van der Waals surface area contributed by atoms with Crippen LogP contribution in [0.5, 0.6) is 0 Å². The predicted molar refractivity (Wildman–Crippen MR) is 142 cm³/mol. The summed E-state index contributed by atoms with van der Waals surface area (Å²) < 4.78 is 6.52. The Morgan fingerprint density at radius 1 is 0.371 bits per heavy atom. The molecule has 0 aromatic heterocycles. The van der Waals surface area contributed by atoms with Gasteiger partial charge in [-0.3, -0.25) is 0 Å².